The Kier molecular flexibility index (Phi) is 7.73. The van der Waals surface area contributed by atoms with Crippen molar-refractivity contribution in [2.24, 2.45) is 11.8 Å². The van der Waals surface area contributed by atoms with E-state index in [1.54, 1.807) is 0 Å². The van der Waals surface area contributed by atoms with E-state index in [1.165, 1.54) is 0 Å². The molecule has 186 valence electrons. The quantitative estimate of drug-likeness (QED) is 0.485. The van der Waals surface area contributed by atoms with Crippen molar-refractivity contribution in [3.05, 3.63) is 59.7 Å². The molecule has 35 heavy (non-hydrogen) atoms. The van der Waals surface area contributed by atoms with Crippen molar-refractivity contribution in [1.82, 2.24) is 10.6 Å². The molecule has 4 atom stereocenters. The number of ether oxygens (including phenoxy) is 1. The molecule has 3 N–H and O–H groups in total. The zero-order valence-corrected chi connectivity index (χ0v) is 20.3. The number of nitrogens with one attached hydrogen (secondary N) is 2. The van der Waals surface area contributed by atoms with E-state index in [0.717, 1.165) is 28.7 Å². The van der Waals surface area contributed by atoms with E-state index < -0.39 is 24.0 Å². The summed E-state index contributed by atoms with van der Waals surface area (Å²) in [5.41, 5.74) is 4.57. The first-order valence-corrected chi connectivity index (χ1v) is 12.5. The first kappa shape index (κ1) is 24.8. The number of hydrogen-bond acceptors (Lipinski definition) is 4. The van der Waals surface area contributed by atoms with Gasteiger partial charge in [-0.1, -0.05) is 68.8 Å². The highest BCUT2D eigenvalue weighted by Crippen LogP contribution is 2.44. The summed E-state index contributed by atoms with van der Waals surface area (Å²) in [6.07, 6.45) is 2.34. The number of aliphatic carboxylic acids is 1. The van der Waals surface area contributed by atoms with Crippen LogP contribution in [0.25, 0.3) is 11.1 Å². The molecule has 2 aliphatic carbocycles. The van der Waals surface area contributed by atoms with Gasteiger partial charge < -0.3 is 20.5 Å². The maximum Gasteiger partial charge on any atom is 0.407 e. The maximum atomic E-state index is 13.0. The van der Waals surface area contributed by atoms with E-state index in [2.05, 4.69) is 34.9 Å². The van der Waals surface area contributed by atoms with Crippen molar-refractivity contribution in [3.8, 4) is 11.1 Å². The number of carboxylic acid groups (broad SMARTS) is 1. The largest absolute Gasteiger partial charge is 0.481 e. The van der Waals surface area contributed by atoms with Crippen molar-refractivity contribution in [1.29, 1.82) is 0 Å². The van der Waals surface area contributed by atoms with Gasteiger partial charge in [0.1, 0.15) is 12.6 Å². The molecule has 0 spiro atoms. The summed E-state index contributed by atoms with van der Waals surface area (Å²) < 4.78 is 5.65. The van der Waals surface area contributed by atoms with E-state index >= 15 is 0 Å². The SMILES string of the molecule is CCC(C)CC(NC(=O)OCC1c2ccccc2-c2ccccc21)C(=O)N[C@@H]1CC[C@H](C(=O)O)C1. The van der Waals surface area contributed by atoms with Crippen LogP contribution in [-0.4, -0.2) is 41.8 Å². The van der Waals surface area contributed by atoms with E-state index in [0.29, 0.717) is 25.7 Å². The van der Waals surface area contributed by atoms with Gasteiger partial charge in [0, 0.05) is 12.0 Å². The van der Waals surface area contributed by atoms with E-state index in [-0.39, 0.29) is 30.4 Å². The maximum absolute atomic E-state index is 13.0. The molecule has 1 saturated carbocycles. The molecule has 0 radical (unpaired) electrons. The lowest BCUT2D eigenvalue weighted by Crippen LogP contribution is -2.50. The molecule has 2 amide bonds. The molecular formula is C28H34N2O5. The standard InChI is InChI=1S/C28H34N2O5/c1-3-17(2)14-25(26(31)29-19-13-12-18(15-19)27(32)33)30-28(34)35-16-24-22-10-6-4-8-20(22)21-9-5-7-11-23(21)24/h4-11,17-19,24-25H,3,12-16H2,1-2H3,(H,29,31)(H,30,34)(H,32,33)/t17?,18-,19+,25?/m0/s1. The molecule has 1 fully saturated rings. The third kappa shape index (κ3) is 5.66. The van der Waals surface area contributed by atoms with Crippen LogP contribution in [0, 0.1) is 11.8 Å². The fraction of sp³-hybridized carbons (Fsp3) is 0.464. The minimum atomic E-state index is -0.824. The second-order valence-electron chi connectivity index (χ2n) is 9.83. The second-order valence-corrected chi connectivity index (χ2v) is 9.83. The van der Waals surface area contributed by atoms with Crippen LogP contribution in [0.15, 0.2) is 48.5 Å². The Balaban J connectivity index is 1.38. The van der Waals surface area contributed by atoms with Gasteiger partial charge >= 0.3 is 12.1 Å². The van der Waals surface area contributed by atoms with Crippen LogP contribution < -0.4 is 10.6 Å². The van der Waals surface area contributed by atoms with E-state index in [1.807, 2.05) is 38.1 Å². The second kappa shape index (κ2) is 10.9. The molecule has 4 rings (SSSR count). The van der Waals surface area contributed by atoms with Crippen molar-refractivity contribution in [2.75, 3.05) is 6.61 Å². The summed E-state index contributed by atoms with van der Waals surface area (Å²) in [5.74, 6) is -1.36. The van der Waals surface area contributed by atoms with Gasteiger partial charge in [-0.3, -0.25) is 9.59 Å². The number of carbonyl (C=O) groups excluding carboxylic acids is 2. The number of benzene rings is 2. The van der Waals surface area contributed by atoms with E-state index in [4.69, 9.17) is 4.74 Å². The zero-order chi connectivity index (χ0) is 24.9. The van der Waals surface area contributed by atoms with Crippen LogP contribution >= 0.6 is 0 Å². The molecule has 2 aromatic carbocycles. The summed E-state index contributed by atoms with van der Waals surface area (Å²) in [6, 6.07) is 15.4. The topological polar surface area (TPSA) is 105 Å². The minimum absolute atomic E-state index is 0.0542. The Bertz CT molecular complexity index is 1040. The number of hydrogen-bond donors (Lipinski definition) is 3. The number of fused-ring (bicyclic) bond motifs is 3. The summed E-state index contributed by atoms with van der Waals surface area (Å²) in [5, 5.41) is 15.0. The smallest absolute Gasteiger partial charge is 0.407 e. The highest BCUT2D eigenvalue weighted by atomic mass is 16.5. The van der Waals surface area contributed by atoms with Crippen molar-refractivity contribution in [3.63, 3.8) is 0 Å². The van der Waals surface area contributed by atoms with Crippen molar-refractivity contribution in [2.45, 2.75) is 64.0 Å². The van der Waals surface area contributed by atoms with Crippen LogP contribution in [-0.2, 0) is 14.3 Å². The Morgan fingerprint density at radius 2 is 1.66 bits per heavy atom. The van der Waals surface area contributed by atoms with Gasteiger partial charge in [0.2, 0.25) is 5.91 Å². The number of amides is 2. The number of carboxylic acids is 1. The summed E-state index contributed by atoms with van der Waals surface area (Å²) in [4.78, 5) is 37.1. The molecule has 0 saturated heterocycles. The highest BCUT2D eigenvalue weighted by Gasteiger charge is 2.33. The van der Waals surface area contributed by atoms with Gasteiger partial charge in [-0.05, 0) is 53.9 Å². The Morgan fingerprint density at radius 3 is 2.23 bits per heavy atom. The Labute approximate surface area is 206 Å². The van der Waals surface area contributed by atoms with Gasteiger partial charge in [0.25, 0.3) is 0 Å². The molecule has 0 heterocycles. The molecule has 0 aromatic heterocycles. The van der Waals surface area contributed by atoms with Crippen LogP contribution in [0.4, 0.5) is 4.79 Å². The van der Waals surface area contributed by atoms with Gasteiger partial charge in [0.05, 0.1) is 5.92 Å². The monoisotopic (exact) mass is 478 g/mol. The number of carbonyl (C=O) groups is 3. The van der Waals surface area contributed by atoms with Crippen LogP contribution in [0.2, 0.25) is 0 Å². The Morgan fingerprint density at radius 1 is 1.03 bits per heavy atom. The van der Waals surface area contributed by atoms with Gasteiger partial charge in [0.15, 0.2) is 0 Å². The number of alkyl carbamates (subject to hydrolysis) is 1. The fourth-order valence-corrected chi connectivity index (χ4v) is 5.22. The molecule has 2 unspecified atom stereocenters. The molecule has 0 aliphatic heterocycles. The van der Waals surface area contributed by atoms with Crippen LogP contribution in [0.3, 0.4) is 0 Å². The lowest BCUT2D eigenvalue weighted by molar-refractivity contribution is -0.141. The highest BCUT2D eigenvalue weighted by molar-refractivity contribution is 5.86. The molecular weight excluding hydrogens is 444 g/mol. The molecule has 2 aromatic rings. The molecule has 0 bridgehead atoms. The van der Waals surface area contributed by atoms with Gasteiger partial charge in [-0.2, -0.15) is 0 Å². The van der Waals surface area contributed by atoms with Crippen molar-refractivity contribution < 1.29 is 24.2 Å². The molecule has 7 nitrogen and oxygen atoms in total. The van der Waals surface area contributed by atoms with Gasteiger partial charge in [-0.25, -0.2) is 4.79 Å². The predicted octanol–water partition coefficient (Wildman–Crippen LogP) is 4.70. The summed E-state index contributed by atoms with van der Waals surface area (Å²) >= 11 is 0. The first-order valence-electron chi connectivity index (χ1n) is 12.5. The van der Waals surface area contributed by atoms with Crippen LogP contribution in [0.5, 0.6) is 0 Å². The minimum Gasteiger partial charge on any atom is -0.481 e. The zero-order valence-electron chi connectivity index (χ0n) is 20.3. The average Bonchev–Trinajstić information content (AvgIpc) is 3.45. The number of rotatable bonds is 9. The third-order valence-corrected chi connectivity index (χ3v) is 7.42. The Hall–Kier alpha value is -3.35. The van der Waals surface area contributed by atoms with Crippen molar-refractivity contribution >= 4 is 18.0 Å². The van der Waals surface area contributed by atoms with Gasteiger partial charge in [-0.15, -0.1) is 0 Å². The average molecular weight is 479 g/mol. The summed E-state index contributed by atoms with van der Waals surface area (Å²) in [7, 11) is 0. The third-order valence-electron chi connectivity index (χ3n) is 7.42. The molecule has 2 aliphatic rings. The molecule has 7 heteroatoms. The first-order chi connectivity index (χ1) is 16.9. The summed E-state index contributed by atoms with van der Waals surface area (Å²) in [6.45, 7) is 4.26. The lowest BCUT2D eigenvalue weighted by atomic mass is 9.98. The van der Waals surface area contributed by atoms with E-state index in [9.17, 15) is 19.5 Å². The normalized spacial score (nSPS) is 20.4. The lowest BCUT2D eigenvalue weighted by Gasteiger charge is -2.23. The fourth-order valence-electron chi connectivity index (χ4n) is 5.22. The van der Waals surface area contributed by atoms with Crippen LogP contribution in [0.1, 0.15) is 63.0 Å². The predicted molar refractivity (Wildman–Crippen MR) is 133 cm³/mol.